The second-order valence-corrected chi connectivity index (χ2v) is 7.98. The van der Waals surface area contributed by atoms with Crippen LogP contribution in [0.2, 0.25) is 0 Å². The van der Waals surface area contributed by atoms with E-state index in [0.717, 1.165) is 60.3 Å². The quantitative estimate of drug-likeness (QED) is 0.649. The first kappa shape index (κ1) is 19.4. The van der Waals surface area contributed by atoms with Gasteiger partial charge in [0.05, 0.1) is 31.4 Å². The number of ether oxygens (including phenoxy) is 1. The van der Waals surface area contributed by atoms with Gasteiger partial charge in [-0.15, -0.1) is 0 Å². The third-order valence-electron chi connectivity index (χ3n) is 5.79. The summed E-state index contributed by atoms with van der Waals surface area (Å²) in [6, 6.07) is 6.21. The summed E-state index contributed by atoms with van der Waals surface area (Å²) in [5.74, 6) is 2.62. The predicted molar refractivity (Wildman–Crippen MR) is 118 cm³/mol. The molecular formula is C23H26N6O2. The first-order valence-electron chi connectivity index (χ1n) is 10.5. The minimum atomic E-state index is -0.152. The van der Waals surface area contributed by atoms with E-state index in [1.54, 1.807) is 19.6 Å². The van der Waals surface area contributed by atoms with Crippen molar-refractivity contribution in [3.8, 4) is 11.4 Å². The molecule has 8 nitrogen and oxygen atoms in total. The van der Waals surface area contributed by atoms with Crippen LogP contribution >= 0.6 is 0 Å². The van der Waals surface area contributed by atoms with E-state index < -0.39 is 0 Å². The molecule has 160 valence electrons. The van der Waals surface area contributed by atoms with Gasteiger partial charge in [0.2, 0.25) is 6.10 Å². The third-order valence-corrected chi connectivity index (χ3v) is 5.79. The fourth-order valence-corrected chi connectivity index (χ4v) is 4.23. The fourth-order valence-electron chi connectivity index (χ4n) is 4.23. The zero-order chi connectivity index (χ0) is 21.4. The van der Waals surface area contributed by atoms with E-state index in [1.165, 1.54) is 5.57 Å². The molecule has 1 saturated heterocycles. The third kappa shape index (κ3) is 3.69. The molecule has 4 heterocycles. The molecule has 0 saturated carbocycles. The molecule has 0 N–H and O–H groups in total. The van der Waals surface area contributed by atoms with Gasteiger partial charge in [0.1, 0.15) is 5.75 Å². The van der Waals surface area contributed by atoms with E-state index in [4.69, 9.17) is 9.57 Å². The Balaban J connectivity index is 1.43. The van der Waals surface area contributed by atoms with Gasteiger partial charge in [0.15, 0.2) is 11.7 Å². The van der Waals surface area contributed by atoms with E-state index in [1.807, 2.05) is 35.5 Å². The number of rotatable bonds is 4. The van der Waals surface area contributed by atoms with Gasteiger partial charge in [-0.1, -0.05) is 11.2 Å². The summed E-state index contributed by atoms with van der Waals surface area (Å²) in [4.78, 5) is 16.9. The van der Waals surface area contributed by atoms with Gasteiger partial charge in [0, 0.05) is 32.2 Å². The minimum absolute atomic E-state index is 0.152. The molecule has 0 amide bonds. The molecule has 2 aliphatic rings. The van der Waals surface area contributed by atoms with E-state index in [9.17, 15) is 0 Å². The lowest BCUT2D eigenvalue weighted by atomic mass is 9.99. The molecule has 0 aliphatic carbocycles. The van der Waals surface area contributed by atoms with E-state index >= 15 is 0 Å². The number of oxime groups is 1. The maximum Gasteiger partial charge on any atom is 0.202 e. The average molecular weight is 419 g/mol. The van der Waals surface area contributed by atoms with Crippen molar-refractivity contribution < 1.29 is 9.57 Å². The van der Waals surface area contributed by atoms with Crippen LogP contribution in [-0.4, -0.2) is 50.0 Å². The summed E-state index contributed by atoms with van der Waals surface area (Å²) in [5.41, 5.74) is 4.18. The van der Waals surface area contributed by atoms with Crippen molar-refractivity contribution in [1.82, 2.24) is 24.0 Å². The topological polar surface area (TPSA) is 69.7 Å². The lowest BCUT2D eigenvalue weighted by Gasteiger charge is -2.36. The molecule has 1 atom stereocenters. The molecule has 0 spiro atoms. The second kappa shape index (κ2) is 7.94. The van der Waals surface area contributed by atoms with Crippen molar-refractivity contribution >= 4 is 11.9 Å². The van der Waals surface area contributed by atoms with Gasteiger partial charge in [-0.25, -0.2) is 9.97 Å². The molecule has 3 aromatic rings. The summed E-state index contributed by atoms with van der Waals surface area (Å²) in [6.07, 6.45) is 11.6. The predicted octanol–water partition coefficient (Wildman–Crippen LogP) is 3.49. The lowest BCUT2D eigenvalue weighted by molar-refractivity contribution is 0.0113. The highest BCUT2D eigenvalue weighted by Crippen LogP contribution is 2.31. The zero-order valence-corrected chi connectivity index (χ0v) is 18.0. The van der Waals surface area contributed by atoms with Crippen LogP contribution < -0.4 is 4.74 Å². The van der Waals surface area contributed by atoms with Crippen LogP contribution in [0.15, 0.2) is 53.8 Å². The number of aryl methyl sites for hydroxylation is 2. The number of methoxy groups -OCH3 is 1. The Morgan fingerprint density at radius 3 is 2.90 bits per heavy atom. The van der Waals surface area contributed by atoms with Crippen LogP contribution in [0.4, 0.5) is 0 Å². The van der Waals surface area contributed by atoms with E-state index in [2.05, 4.69) is 44.3 Å². The molecule has 2 aromatic heterocycles. The van der Waals surface area contributed by atoms with Crippen LogP contribution in [0.25, 0.3) is 11.8 Å². The number of nitrogens with zero attached hydrogens (tertiary/aromatic N) is 6. The van der Waals surface area contributed by atoms with Crippen LogP contribution in [0.5, 0.6) is 5.75 Å². The highest BCUT2D eigenvalue weighted by Gasteiger charge is 2.32. The normalized spacial score (nSPS) is 19.7. The number of hydrogen-bond acceptors (Lipinski definition) is 6. The van der Waals surface area contributed by atoms with Crippen LogP contribution in [0, 0.1) is 6.92 Å². The average Bonchev–Trinajstić information content (AvgIpc) is 3.41. The van der Waals surface area contributed by atoms with Crippen molar-refractivity contribution in [2.24, 2.45) is 12.2 Å². The highest BCUT2D eigenvalue weighted by molar-refractivity contribution is 6.02. The van der Waals surface area contributed by atoms with E-state index in [0.29, 0.717) is 0 Å². The molecule has 1 aromatic carbocycles. The Hall–Kier alpha value is -3.55. The fraction of sp³-hybridized carbons (Fsp3) is 0.348. The number of imidazole rings is 2. The minimum Gasteiger partial charge on any atom is -0.495 e. The van der Waals surface area contributed by atoms with Crippen LogP contribution in [-0.2, 0) is 11.9 Å². The molecular weight excluding hydrogens is 392 g/mol. The maximum atomic E-state index is 5.85. The Morgan fingerprint density at radius 2 is 2.16 bits per heavy atom. The summed E-state index contributed by atoms with van der Waals surface area (Å²) < 4.78 is 9.62. The number of benzene rings is 1. The summed E-state index contributed by atoms with van der Waals surface area (Å²) >= 11 is 0. The zero-order valence-electron chi connectivity index (χ0n) is 18.0. The molecule has 5 rings (SSSR count). The SMILES string of the molecule is COc1cc(/C=C2\CCCN3CC(c4nccn4C)ON=C23)ccc1-n1cnc(C)c1. The number of amidine groups is 1. The van der Waals surface area contributed by atoms with Crippen molar-refractivity contribution in [2.45, 2.75) is 25.9 Å². The van der Waals surface area contributed by atoms with Gasteiger partial charge in [-0.2, -0.15) is 0 Å². The van der Waals surface area contributed by atoms with Crippen molar-refractivity contribution in [2.75, 3.05) is 20.2 Å². The molecule has 2 aliphatic heterocycles. The largest absolute Gasteiger partial charge is 0.495 e. The number of fused-ring (bicyclic) bond motifs is 1. The van der Waals surface area contributed by atoms with Crippen molar-refractivity contribution in [1.29, 1.82) is 0 Å². The molecule has 1 unspecified atom stereocenters. The number of hydrogen-bond donors (Lipinski definition) is 0. The number of piperidine rings is 1. The van der Waals surface area contributed by atoms with Crippen molar-refractivity contribution in [3.05, 3.63) is 65.8 Å². The van der Waals surface area contributed by atoms with Gasteiger partial charge >= 0.3 is 0 Å². The maximum absolute atomic E-state index is 5.85. The monoisotopic (exact) mass is 418 g/mol. The van der Waals surface area contributed by atoms with Crippen molar-refractivity contribution in [3.63, 3.8) is 0 Å². The second-order valence-electron chi connectivity index (χ2n) is 7.98. The van der Waals surface area contributed by atoms with Crippen LogP contribution in [0.1, 0.15) is 36.0 Å². The van der Waals surface area contributed by atoms with Crippen LogP contribution in [0.3, 0.4) is 0 Å². The van der Waals surface area contributed by atoms with Gasteiger partial charge in [-0.3, -0.25) is 0 Å². The molecule has 31 heavy (non-hydrogen) atoms. The summed E-state index contributed by atoms with van der Waals surface area (Å²) in [6.45, 7) is 3.70. The Bertz CT molecular complexity index is 1160. The smallest absolute Gasteiger partial charge is 0.202 e. The Labute approximate surface area is 181 Å². The highest BCUT2D eigenvalue weighted by atomic mass is 16.6. The number of aromatic nitrogens is 4. The molecule has 8 heteroatoms. The molecule has 1 fully saturated rings. The Kier molecular flexibility index (Phi) is 4.97. The Morgan fingerprint density at radius 1 is 1.26 bits per heavy atom. The van der Waals surface area contributed by atoms with Gasteiger partial charge in [0.25, 0.3) is 0 Å². The van der Waals surface area contributed by atoms with Gasteiger partial charge < -0.3 is 23.6 Å². The summed E-state index contributed by atoms with van der Waals surface area (Å²) in [5, 5.41) is 4.50. The molecule has 0 bridgehead atoms. The first-order valence-corrected chi connectivity index (χ1v) is 10.5. The lowest BCUT2D eigenvalue weighted by Crippen LogP contribution is -2.43. The van der Waals surface area contributed by atoms with E-state index in [-0.39, 0.29) is 6.10 Å². The molecule has 0 radical (unpaired) electrons. The van der Waals surface area contributed by atoms with Gasteiger partial charge in [-0.05, 0) is 49.1 Å². The first-order chi connectivity index (χ1) is 15.1. The summed E-state index contributed by atoms with van der Waals surface area (Å²) in [7, 11) is 3.67. The standard InChI is InChI=1S/C23H26N6O2/c1-16-13-29(15-25-16)19-7-6-17(12-20(19)30-3)11-18-5-4-9-28-14-21(31-26-22(18)28)23-24-8-10-27(23)2/h6-8,10-13,15,21H,4-5,9,14H2,1-3H3/b18-11+.